The zero-order valence-corrected chi connectivity index (χ0v) is 9.99. The minimum atomic E-state index is -4.71. The average molecular weight is 263 g/mol. The Labute approximate surface area is 102 Å². The van der Waals surface area contributed by atoms with E-state index in [9.17, 15) is 22.4 Å². The summed E-state index contributed by atoms with van der Waals surface area (Å²) in [7, 11) is 0. The van der Waals surface area contributed by atoms with Crippen LogP contribution in [-0.2, 0) is 19.0 Å². The summed E-state index contributed by atoms with van der Waals surface area (Å²) in [5.41, 5.74) is 2.97. The molecule has 0 fully saturated rings. The van der Waals surface area contributed by atoms with Gasteiger partial charge in [0.25, 0.3) is 0 Å². The lowest BCUT2D eigenvalue weighted by Gasteiger charge is -2.17. The van der Waals surface area contributed by atoms with Gasteiger partial charge < -0.3 is 5.73 Å². The van der Waals surface area contributed by atoms with Crippen molar-refractivity contribution < 1.29 is 22.4 Å². The van der Waals surface area contributed by atoms with E-state index < -0.39 is 34.6 Å². The normalized spacial score (nSPS) is 11.7. The van der Waals surface area contributed by atoms with Gasteiger partial charge in [-0.25, -0.2) is 4.39 Å². The second-order valence-corrected chi connectivity index (χ2v) is 3.81. The third kappa shape index (κ3) is 2.47. The van der Waals surface area contributed by atoms with E-state index >= 15 is 0 Å². The highest BCUT2D eigenvalue weighted by Crippen LogP contribution is 2.36. The highest BCUT2D eigenvalue weighted by atomic mass is 19.4. The lowest BCUT2D eigenvalue weighted by Crippen LogP contribution is -2.20. The molecule has 0 spiro atoms. The Morgan fingerprint density at radius 1 is 1.22 bits per heavy atom. The number of carbonyl (C=O) groups excluding carboxylic acids is 1. The van der Waals surface area contributed by atoms with Gasteiger partial charge in [0.05, 0.1) is 5.56 Å². The van der Waals surface area contributed by atoms with Crippen molar-refractivity contribution in [3.8, 4) is 0 Å². The molecule has 0 saturated carbocycles. The molecular weight excluding hydrogens is 250 g/mol. The van der Waals surface area contributed by atoms with Crippen molar-refractivity contribution in [3.63, 3.8) is 0 Å². The Bertz CT molecular complexity index is 480. The first kappa shape index (κ1) is 14.5. The Kier molecular flexibility index (Phi) is 3.98. The molecule has 0 saturated heterocycles. The molecular formula is C12H13F4NO. The van der Waals surface area contributed by atoms with Gasteiger partial charge in [-0.2, -0.15) is 13.2 Å². The SMILES string of the molecule is CCc1c(C(N)=O)cc(C(F)(F)F)c(CC)c1F. The molecule has 0 atom stereocenters. The minimum absolute atomic E-state index is 0.0626. The van der Waals surface area contributed by atoms with Gasteiger partial charge in [0, 0.05) is 16.7 Å². The molecule has 0 aromatic heterocycles. The quantitative estimate of drug-likeness (QED) is 0.837. The predicted octanol–water partition coefficient (Wildman–Crippen LogP) is 3.07. The van der Waals surface area contributed by atoms with Crippen LogP contribution < -0.4 is 5.73 Å². The first-order valence-corrected chi connectivity index (χ1v) is 5.45. The number of hydrogen-bond acceptors (Lipinski definition) is 1. The summed E-state index contributed by atoms with van der Waals surface area (Å²) in [6, 6.07) is 0.642. The summed E-state index contributed by atoms with van der Waals surface area (Å²) >= 11 is 0. The molecule has 2 N–H and O–H groups in total. The second kappa shape index (κ2) is 4.96. The standard InChI is InChI=1S/C12H13F4NO/c1-3-6-8(11(17)18)5-9(12(14,15)16)7(4-2)10(6)13/h5H,3-4H2,1-2H3,(H2,17,18). The molecule has 6 heteroatoms. The van der Waals surface area contributed by atoms with E-state index in [0.717, 1.165) is 0 Å². The van der Waals surface area contributed by atoms with Crippen molar-refractivity contribution in [3.05, 3.63) is 34.1 Å². The van der Waals surface area contributed by atoms with Crippen LogP contribution in [0.25, 0.3) is 0 Å². The summed E-state index contributed by atoms with van der Waals surface area (Å²) in [4.78, 5) is 11.1. The fourth-order valence-corrected chi connectivity index (χ4v) is 1.90. The van der Waals surface area contributed by atoms with E-state index in [0.29, 0.717) is 6.07 Å². The highest BCUT2D eigenvalue weighted by Gasteiger charge is 2.36. The molecule has 0 unspecified atom stereocenters. The smallest absolute Gasteiger partial charge is 0.366 e. The van der Waals surface area contributed by atoms with Gasteiger partial charge in [0.2, 0.25) is 5.91 Å². The van der Waals surface area contributed by atoms with Crippen molar-refractivity contribution in [2.24, 2.45) is 5.73 Å². The van der Waals surface area contributed by atoms with Gasteiger partial charge in [-0.1, -0.05) is 13.8 Å². The maximum Gasteiger partial charge on any atom is 0.416 e. The van der Waals surface area contributed by atoms with Crippen LogP contribution in [0.3, 0.4) is 0 Å². The summed E-state index contributed by atoms with van der Waals surface area (Å²) in [6.45, 7) is 2.98. The number of hydrogen-bond donors (Lipinski definition) is 1. The topological polar surface area (TPSA) is 43.1 Å². The third-order valence-corrected chi connectivity index (χ3v) is 2.75. The van der Waals surface area contributed by atoms with Gasteiger partial charge in [-0.05, 0) is 18.9 Å². The summed E-state index contributed by atoms with van der Waals surface area (Å²) < 4.78 is 52.3. The van der Waals surface area contributed by atoms with Crippen LogP contribution in [0.1, 0.15) is 40.9 Å². The van der Waals surface area contributed by atoms with Crippen molar-refractivity contribution in [1.29, 1.82) is 0 Å². The molecule has 18 heavy (non-hydrogen) atoms. The molecule has 1 rings (SSSR count). The molecule has 0 radical (unpaired) electrons. The van der Waals surface area contributed by atoms with Gasteiger partial charge >= 0.3 is 6.18 Å². The van der Waals surface area contributed by atoms with Gasteiger partial charge in [0.1, 0.15) is 5.82 Å². The van der Waals surface area contributed by atoms with Crippen LogP contribution in [-0.4, -0.2) is 5.91 Å². The number of halogens is 4. The van der Waals surface area contributed by atoms with E-state index in [1.807, 2.05) is 0 Å². The van der Waals surface area contributed by atoms with Crippen LogP contribution >= 0.6 is 0 Å². The number of amides is 1. The van der Waals surface area contributed by atoms with Crippen LogP contribution in [0.5, 0.6) is 0 Å². The van der Waals surface area contributed by atoms with Gasteiger partial charge in [-0.3, -0.25) is 4.79 Å². The molecule has 0 heterocycles. The molecule has 2 nitrogen and oxygen atoms in total. The average Bonchev–Trinajstić information content (AvgIpc) is 2.26. The zero-order valence-electron chi connectivity index (χ0n) is 9.99. The number of nitrogens with two attached hydrogens (primary N) is 1. The molecule has 0 aliphatic carbocycles. The third-order valence-electron chi connectivity index (χ3n) is 2.75. The maximum atomic E-state index is 14.0. The van der Waals surface area contributed by atoms with Crippen LogP contribution in [0.2, 0.25) is 0 Å². The lowest BCUT2D eigenvalue weighted by atomic mass is 9.94. The van der Waals surface area contributed by atoms with E-state index in [-0.39, 0.29) is 18.4 Å². The maximum absolute atomic E-state index is 14.0. The zero-order chi connectivity index (χ0) is 14.1. The fourth-order valence-electron chi connectivity index (χ4n) is 1.90. The number of rotatable bonds is 3. The van der Waals surface area contributed by atoms with Crippen molar-refractivity contribution >= 4 is 5.91 Å². The van der Waals surface area contributed by atoms with E-state index in [1.54, 1.807) is 6.92 Å². The number of carbonyl (C=O) groups is 1. The molecule has 1 aromatic carbocycles. The molecule has 1 amide bonds. The summed E-state index contributed by atoms with van der Waals surface area (Å²) in [5.74, 6) is -2.04. The lowest BCUT2D eigenvalue weighted by molar-refractivity contribution is -0.138. The van der Waals surface area contributed by atoms with Gasteiger partial charge in [-0.15, -0.1) is 0 Å². The Hall–Kier alpha value is -1.59. The van der Waals surface area contributed by atoms with Crippen molar-refractivity contribution in [1.82, 2.24) is 0 Å². The number of benzene rings is 1. The highest BCUT2D eigenvalue weighted by molar-refractivity contribution is 5.94. The molecule has 1 aromatic rings. The number of alkyl halides is 3. The monoisotopic (exact) mass is 263 g/mol. The van der Waals surface area contributed by atoms with Crippen LogP contribution in [0, 0.1) is 5.82 Å². The number of primary amides is 1. The largest absolute Gasteiger partial charge is 0.416 e. The Balaban J connectivity index is 3.69. The first-order valence-electron chi connectivity index (χ1n) is 5.45. The summed E-state index contributed by atoms with van der Waals surface area (Å²) in [5, 5.41) is 0. The fraction of sp³-hybridized carbons (Fsp3) is 0.417. The van der Waals surface area contributed by atoms with Crippen LogP contribution in [0.4, 0.5) is 17.6 Å². The Morgan fingerprint density at radius 2 is 1.72 bits per heavy atom. The Morgan fingerprint density at radius 3 is 2.06 bits per heavy atom. The summed E-state index contributed by atoms with van der Waals surface area (Å²) in [6.07, 6.45) is -4.70. The van der Waals surface area contributed by atoms with Gasteiger partial charge in [0.15, 0.2) is 0 Å². The van der Waals surface area contributed by atoms with E-state index in [1.165, 1.54) is 6.92 Å². The molecule has 0 aliphatic rings. The molecule has 100 valence electrons. The second-order valence-electron chi connectivity index (χ2n) is 3.81. The first-order chi connectivity index (χ1) is 8.23. The minimum Gasteiger partial charge on any atom is -0.366 e. The molecule has 0 aliphatic heterocycles. The van der Waals surface area contributed by atoms with Crippen LogP contribution in [0.15, 0.2) is 6.07 Å². The van der Waals surface area contributed by atoms with E-state index in [2.05, 4.69) is 0 Å². The van der Waals surface area contributed by atoms with E-state index in [4.69, 9.17) is 5.73 Å². The predicted molar refractivity (Wildman–Crippen MR) is 58.7 cm³/mol. The molecule has 0 bridgehead atoms. The van der Waals surface area contributed by atoms with Crippen molar-refractivity contribution in [2.75, 3.05) is 0 Å². The van der Waals surface area contributed by atoms with Crippen molar-refractivity contribution in [2.45, 2.75) is 32.9 Å².